The van der Waals surface area contributed by atoms with E-state index < -0.39 is 0 Å². The fraction of sp³-hybridized carbons (Fsp3) is 0.125. The molecule has 1 aromatic carbocycles. The van der Waals surface area contributed by atoms with Crippen molar-refractivity contribution in [2.75, 3.05) is 5.75 Å². The molecular weight excluding hydrogens is 294 g/mol. The Bertz CT molecular complexity index is 949. The molecule has 22 heavy (non-hydrogen) atoms. The zero-order valence-electron chi connectivity index (χ0n) is 12.0. The summed E-state index contributed by atoms with van der Waals surface area (Å²) in [5.74, 6) is 1.63. The van der Waals surface area contributed by atoms with Crippen LogP contribution in [0.2, 0.25) is 0 Å². The SMILES string of the molecule is CCSc1nc2ccccc2c2nc(-c3ccncc3)nn12. The van der Waals surface area contributed by atoms with Crippen LogP contribution in [0.1, 0.15) is 6.92 Å². The van der Waals surface area contributed by atoms with E-state index in [1.54, 1.807) is 24.2 Å². The van der Waals surface area contributed by atoms with Crippen LogP contribution in [0.4, 0.5) is 0 Å². The number of hydrogen-bond acceptors (Lipinski definition) is 5. The van der Waals surface area contributed by atoms with Crippen molar-refractivity contribution in [1.29, 1.82) is 0 Å². The quantitative estimate of drug-likeness (QED) is 0.428. The van der Waals surface area contributed by atoms with E-state index in [4.69, 9.17) is 9.97 Å². The maximum atomic E-state index is 4.72. The minimum atomic E-state index is 0.693. The first kappa shape index (κ1) is 13.2. The van der Waals surface area contributed by atoms with Crippen molar-refractivity contribution < 1.29 is 0 Å². The molecule has 3 aromatic heterocycles. The second-order valence-electron chi connectivity index (χ2n) is 4.75. The van der Waals surface area contributed by atoms with Gasteiger partial charge in [0.25, 0.3) is 0 Å². The van der Waals surface area contributed by atoms with Crippen LogP contribution in [0.15, 0.2) is 53.9 Å². The standard InChI is InChI=1S/C16H13N5S/c1-2-22-16-18-13-6-4-3-5-12(13)15-19-14(20-21(15)16)11-7-9-17-10-8-11/h3-10H,2H2,1H3. The molecule has 0 aliphatic heterocycles. The monoisotopic (exact) mass is 307 g/mol. The van der Waals surface area contributed by atoms with Gasteiger partial charge in [0, 0.05) is 23.3 Å². The molecule has 6 heteroatoms. The summed E-state index contributed by atoms with van der Waals surface area (Å²) in [6.07, 6.45) is 3.50. The maximum Gasteiger partial charge on any atom is 0.191 e. The molecule has 5 nitrogen and oxygen atoms in total. The van der Waals surface area contributed by atoms with E-state index >= 15 is 0 Å². The van der Waals surface area contributed by atoms with E-state index in [1.165, 1.54) is 0 Å². The highest BCUT2D eigenvalue weighted by Gasteiger charge is 2.14. The van der Waals surface area contributed by atoms with Crippen LogP contribution in [-0.4, -0.2) is 30.3 Å². The Labute approximate surface area is 131 Å². The number of para-hydroxylation sites is 1. The van der Waals surface area contributed by atoms with Crippen LogP contribution >= 0.6 is 11.8 Å². The van der Waals surface area contributed by atoms with Gasteiger partial charge in [0.1, 0.15) is 0 Å². The molecule has 0 unspecified atom stereocenters. The smallest absolute Gasteiger partial charge is 0.191 e. The molecule has 4 rings (SSSR count). The minimum Gasteiger partial charge on any atom is -0.265 e. The number of fused-ring (bicyclic) bond motifs is 3. The molecule has 108 valence electrons. The van der Waals surface area contributed by atoms with E-state index in [9.17, 15) is 0 Å². The van der Waals surface area contributed by atoms with Gasteiger partial charge in [0.2, 0.25) is 0 Å². The summed E-state index contributed by atoms with van der Waals surface area (Å²) >= 11 is 1.67. The summed E-state index contributed by atoms with van der Waals surface area (Å²) in [5, 5.41) is 6.52. The highest BCUT2D eigenvalue weighted by atomic mass is 32.2. The molecule has 3 heterocycles. The lowest BCUT2D eigenvalue weighted by Gasteiger charge is -2.04. The van der Waals surface area contributed by atoms with E-state index in [-0.39, 0.29) is 0 Å². The Morgan fingerprint density at radius 1 is 1.05 bits per heavy atom. The minimum absolute atomic E-state index is 0.693. The van der Waals surface area contributed by atoms with Gasteiger partial charge in [0.05, 0.1) is 5.52 Å². The van der Waals surface area contributed by atoms with Crippen molar-refractivity contribution in [2.45, 2.75) is 12.1 Å². The van der Waals surface area contributed by atoms with Crippen molar-refractivity contribution in [2.24, 2.45) is 0 Å². The van der Waals surface area contributed by atoms with Gasteiger partial charge < -0.3 is 0 Å². The summed E-state index contributed by atoms with van der Waals surface area (Å²) in [6, 6.07) is 11.9. The summed E-state index contributed by atoms with van der Waals surface area (Å²) in [5.41, 5.74) is 2.74. The van der Waals surface area contributed by atoms with Crippen LogP contribution in [0.5, 0.6) is 0 Å². The topological polar surface area (TPSA) is 56.0 Å². The van der Waals surface area contributed by atoms with Gasteiger partial charge >= 0.3 is 0 Å². The number of thioether (sulfide) groups is 1. The molecule has 4 aromatic rings. The van der Waals surface area contributed by atoms with Gasteiger partial charge in [-0.15, -0.1) is 5.10 Å². The number of aromatic nitrogens is 5. The Balaban J connectivity index is 2.04. The van der Waals surface area contributed by atoms with E-state index in [0.29, 0.717) is 5.82 Å². The average Bonchev–Trinajstić information content (AvgIpc) is 3.02. The van der Waals surface area contributed by atoms with Crippen LogP contribution in [0.3, 0.4) is 0 Å². The zero-order chi connectivity index (χ0) is 14.9. The van der Waals surface area contributed by atoms with Crippen molar-refractivity contribution in [1.82, 2.24) is 24.6 Å². The molecule has 0 bridgehead atoms. The van der Waals surface area contributed by atoms with Gasteiger partial charge in [-0.25, -0.2) is 9.97 Å². The normalized spacial score (nSPS) is 11.3. The molecule has 0 amide bonds. The highest BCUT2D eigenvalue weighted by Crippen LogP contribution is 2.25. The highest BCUT2D eigenvalue weighted by molar-refractivity contribution is 7.99. The predicted octanol–water partition coefficient (Wildman–Crippen LogP) is 3.45. The van der Waals surface area contributed by atoms with E-state index in [1.807, 2.05) is 40.9 Å². The van der Waals surface area contributed by atoms with Crippen molar-refractivity contribution in [3.8, 4) is 11.4 Å². The molecule has 0 aliphatic carbocycles. The Morgan fingerprint density at radius 2 is 1.86 bits per heavy atom. The molecule has 0 saturated heterocycles. The third-order valence-corrected chi connectivity index (χ3v) is 4.17. The summed E-state index contributed by atoms with van der Waals surface area (Å²) in [7, 11) is 0. The van der Waals surface area contributed by atoms with Crippen LogP contribution < -0.4 is 0 Å². The Hall–Kier alpha value is -2.47. The fourth-order valence-electron chi connectivity index (χ4n) is 2.38. The number of nitrogens with zero attached hydrogens (tertiary/aromatic N) is 5. The number of rotatable bonds is 3. The third kappa shape index (κ3) is 2.12. The Kier molecular flexibility index (Phi) is 3.23. The zero-order valence-corrected chi connectivity index (χ0v) is 12.8. The largest absolute Gasteiger partial charge is 0.265 e. The maximum absolute atomic E-state index is 4.72. The summed E-state index contributed by atoms with van der Waals surface area (Å²) in [4.78, 5) is 13.5. The first-order valence-electron chi connectivity index (χ1n) is 7.05. The van der Waals surface area contributed by atoms with E-state index in [0.717, 1.165) is 33.0 Å². The third-order valence-electron chi connectivity index (χ3n) is 3.36. The average molecular weight is 307 g/mol. The molecule has 0 N–H and O–H groups in total. The van der Waals surface area contributed by atoms with Gasteiger partial charge in [-0.2, -0.15) is 4.52 Å². The van der Waals surface area contributed by atoms with Gasteiger partial charge in [-0.05, 0) is 30.0 Å². The number of benzene rings is 1. The first-order valence-corrected chi connectivity index (χ1v) is 8.04. The lowest BCUT2D eigenvalue weighted by molar-refractivity contribution is 0.812. The molecule has 0 spiro atoms. The van der Waals surface area contributed by atoms with Gasteiger partial charge in [0.15, 0.2) is 16.6 Å². The van der Waals surface area contributed by atoms with E-state index in [2.05, 4.69) is 17.0 Å². The van der Waals surface area contributed by atoms with Crippen LogP contribution in [-0.2, 0) is 0 Å². The predicted molar refractivity (Wildman–Crippen MR) is 87.9 cm³/mol. The molecule has 0 fully saturated rings. The number of hydrogen-bond donors (Lipinski definition) is 0. The van der Waals surface area contributed by atoms with Crippen LogP contribution in [0, 0.1) is 0 Å². The lowest BCUT2D eigenvalue weighted by atomic mass is 10.2. The second-order valence-corrected chi connectivity index (χ2v) is 5.98. The molecule has 0 saturated carbocycles. The lowest BCUT2D eigenvalue weighted by Crippen LogP contribution is -1.98. The van der Waals surface area contributed by atoms with Gasteiger partial charge in [-0.1, -0.05) is 30.8 Å². The fourth-order valence-corrected chi connectivity index (χ4v) is 3.05. The summed E-state index contributed by atoms with van der Waals surface area (Å²) < 4.78 is 1.84. The first-order chi connectivity index (χ1) is 10.9. The second kappa shape index (κ2) is 5.38. The molecule has 0 radical (unpaired) electrons. The van der Waals surface area contributed by atoms with Crippen LogP contribution in [0.25, 0.3) is 27.9 Å². The van der Waals surface area contributed by atoms with Crippen molar-refractivity contribution in [3.63, 3.8) is 0 Å². The van der Waals surface area contributed by atoms with Crippen molar-refractivity contribution >= 4 is 28.3 Å². The molecule has 0 aliphatic rings. The number of pyridine rings is 1. The molecule has 0 atom stereocenters. The summed E-state index contributed by atoms with van der Waals surface area (Å²) in [6.45, 7) is 2.11. The van der Waals surface area contributed by atoms with Crippen molar-refractivity contribution in [3.05, 3.63) is 48.8 Å². The van der Waals surface area contributed by atoms with Gasteiger partial charge in [-0.3, -0.25) is 4.98 Å². The Morgan fingerprint density at radius 3 is 2.68 bits per heavy atom. The molecular formula is C16H13N5S.